The molecule has 3 N–H and O–H groups in total. The highest BCUT2D eigenvalue weighted by atomic mass is 79.9. The predicted octanol–water partition coefficient (Wildman–Crippen LogP) is 6.79. The Labute approximate surface area is 251 Å². The second-order valence-electron chi connectivity index (χ2n) is 9.75. The van der Waals surface area contributed by atoms with E-state index in [0.29, 0.717) is 40.7 Å². The largest absolute Gasteiger partial charge is 0.493 e. The van der Waals surface area contributed by atoms with Crippen molar-refractivity contribution in [1.82, 2.24) is 4.90 Å². The number of halogens is 1. The third-order valence-electron chi connectivity index (χ3n) is 7.06. The fraction of sp³-hybridized carbons (Fsp3) is 0.367. The second kappa shape index (κ2) is 13.9. The topological polar surface area (TPSA) is 125 Å². The summed E-state index contributed by atoms with van der Waals surface area (Å²) in [5, 5.41) is 21.7. The van der Waals surface area contributed by atoms with Gasteiger partial charge in [0.05, 0.1) is 16.0 Å². The zero-order valence-corrected chi connectivity index (χ0v) is 25.3. The molecule has 1 saturated heterocycles. The van der Waals surface area contributed by atoms with Crippen molar-refractivity contribution in [3.63, 3.8) is 0 Å². The number of carboxylic acid groups (broad SMARTS) is 2. The Balaban J connectivity index is 1.35. The van der Waals surface area contributed by atoms with E-state index in [9.17, 15) is 19.5 Å². The van der Waals surface area contributed by atoms with Gasteiger partial charge in [0, 0.05) is 18.8 Å². The zero-order chi connectivity index (χ0) is 29.5. The van der Waals surface area contributed by atoms with E-state index >= 15 is 0 Å². The van der Waals surface area contributed by atoms with E-state index in [1.807, 2.05) is 35.2 Å². The van der Waals surface area contributed by atoms with Crippen LogP contribution in [0.4, 0.5) is 10.5 Å². The predicted molar refractivity (Wildman–Crippen MR) is 162 cm³/mol. The molecule has 1 aliphatic rings. The van der Waals surface area contributed by atoms with Gasteiger partial charge in [0.2, 0.25) is 0 Å². The normalized spacial score (nSPS) is 13.6. The van der Waals surface area contributed by atoms with Gasteiger partial charge in [-0.15, -0.1) is 11.3 Å². The maximum atomic E-state index is 13.0. The Morgan fingerprint density at radius 2 is 1.68 bits per heavy atom. The molecule has 0 radical (unpaired) electrons. The van der Waals surface area contributed by atoms with Crippen LogP contribution in [-0.2, 0) is 17.6 Å². The van der Waals surface area contributed by atoms with Gasteiger partial charge in [-0.3, -0.25) is 0 Å². The molecular formula is C30H33BrN2O7S. The molecule has 1 fully saturated rings. The number of amides is 2. The van der Waals surface area contributed by atoms with Crippen LogP contribution in [0.15, 0.2) is 46.9 Å². The number of carbonyl (C=O) groups is 3. The van der Waals surface area contributed by atoms with Crippen LogP contribution in [0, 0.1) is 5.92 Å². The Hall–Kier alpha value is -3.57. The van der Waals surface area contributed by atoms with E-state index < -0.39 is 18.5 Å². The summed E-state index contributed by atoms with van der Waals surface area (Å²) in [6.07, 6.45) is 3.36. The number of thiophene rings is 1. The number of para-hydroxylation sites is 1. The van der Waals surface area contributed by atoms with E-state index in [1.54, 1.807) is 0 Å². The van der Waals surface area contributed by atoms with Crippen LogP contribution in [0.2, 0.25) is 0 Å². The highest BCUT2D eigenvalue weighted by molar-refractivity contribution is 9.10. The molecule has 0 unspecified atom stereocenters. The molecule has 2 aromatic carbocycles. The third-order valence-corrected chi connectivity index (χ3v) is 9.28. The van der Waals surface area contributed by atoms with Crippen molar-refractivity contribution in [2.45, 2.75) is 39.5 Å². The Bertz CT molecular complexity index is 1390. The van der Waals surface area contributed by atoms with Gasteiger partial charge in [-0.2, -0.15) is 0 Å². The molecule has 218 valence electrons. The number of aliphatic carboxylic acids is 1. The monoisotopic (exact) mass is 644 g/mol. The van der Waals surface area contributed by atoms with Crippen LogP contribution in [-0.4, -0.2) is 59.4 Å². The minimum Gasteiger partial charge on any atom is -0.493 e. The SMILES string of the molecule is CCc1cccc(CC)c1NC(=O)N1CCC(COc2cccc(-c3sc(C(=O)O)c(OCC(=O)O)c3Br)c2)CC1. The van der Waals surface area contributed by atoms with Crippen molar-refractivity contribution < 1.29 is 34.1 Å². The molecule has 11 heteroatoms. The van der Waals surface area contributed by atoms with Crippen LogP contribution in [0.25, 0.3) is 10.4 Å². The van der Waals surface area contributed by atoms with Crippen molar-refractivity contribution >= 4 is 50.9 Å². The van der Waals surface area contributed by atoms with Crippen LogP contribution in [0.1, 0.15) is 47.5 Å². The van der Waals surface area contributed by atoms with Crippen molar-refractivity contribution in [2.75, 3.05) is 31.6 Å². The van der Waals surface area contributed by atoms with Gasteiger partial charge in [0.25, 0.3) is 0 Å². The molecule has 0 atom stereocenters. The fourth-order valence-corrected chi connectivity index (χ4v) is 6.71. The lowest BCUT2D eigenvalue weighted by Gasteiger charge is -2.32. The number of rotatable bonds is 11. The van der Waals surface area contributed by atoms with E-state index in [0.717, 1.165) is 59.4 Å². The van der Waals surface area contributed by atoms with Gasteiger partial charge in [0.15, 0.2) is 17.2 Å². The molecule has 1 aromatic heterocycles. The van der Waals surface area contributed by atoms with Gasteiger partial charge in [-0.1, -0.05) is 44.2 Å². The lowest BCUT2D eigenvalue weighted by molar-refractivity contribution is -0.139. The number of anilines is 1. The Morgan fingerprint density at radius 1 is 1.02 bits per heavy atom. The van der Waals surface area contributed by atoms with Gasteiger partial charge in [-0.05, 0) is 76.4 Å². The molecular weight excluding hydrogens is 612 g/mol. The third kappa shape index (κ3) is 7.39. The molecule has 0 bridgehead atoms. The first-order valence-electron chi connectivity index (χ1n) is 13.5. The molecule has 41 heavy (non-hydrogen) atoms. The van der Waals surface area contributed by atoms with E-state index in [-0.39, 0.29) is 16.7 Å². The summed E-state index contributed by atoms with van der Waals surface area (Å²) in [5.74, 6) is -1.48. The maximum absolute atomic E-state index is 13.0. The minimum absolute atomic E-state index is 0.00822. The van der Waals surface area contributed by atoms with Crippen LogP contribution in [0.3, 0.4) is 0 Å². The average molecular weight is 646 g/mol. The number of aryl methyl sites for hydroxylation is 2. The number of benzene rings is 2. The standard InChI is InChI=1S/C30H33BrN2O7S/c1-3-19-7-5-8-20(4-2)25(19)32-30(38)33-13-11-18(12-14-33)16-39-22-10-6-9-21(15-22)27-24(31)26(40-17-23(34)35)28(41-27)29(36)37/h5-10,15,18H,3-4,11-14,16-17H2,1-2H3,(H,32,38)(H,34,35)(H,36,37). The molecule has 3 aromatic rings. The maximum Gasteiger partial charge on any atom is 0.349 e. The summed E-state index contributed by atoms with van der Waals surface area (Å²) in [6, 6.07) is 13.4. The number of piperidine rings is 1. The number of nitrogens with one attached hydrogen (secondary N) is 1. The smallest absolute Gasteiger partial charge is 0.349 e. The van der Waals surface area contributed by atoms with Gasteiger partial charge >= 0.3 is 18.0 Å². The first kappa shape index (κ1) is 30.4. The van der Waals surface area contributed by atoms with Crippen LogP contribution in [0.5, 0.6) is 11.5 Å². The number of carbonyl (C=O) groups excluding carboxylic acids is 1. The zero-order valence-electron chi connectivity index (χ0n) is 22.9. The summed E-state index contributed by atoms with van der Waals surface area (Å²) in [7, 11) is 0. The molecule has 4 rings (SSSR count). The number of ether oxygens (including phenoxy) is 2. The first-order chi connectivity index (χ1) is 19.7. The Morgan fingerprint density at radius 3 is 2.29 bits per heavy atom. The highest BCUT2D eigenvalue weighted by Gasteiger charge is 2.26. The quantitative estimate of drug-likeness (QED) is 0.210. The summed E-state index contributed by atoms with van der Waals surface area (Å²) in [5.41, 5.74) is 3.93. The first-order valence-corrected chi connectivity index (χ1v) is 15.1. The summed E-state index contributed by atoms with van der Waals surface area (Å²) >= 11 is 4.39. The molecule has 9 nitrogen and oxygen atoms in total. The Kier molecular flexibility index (Phi) is 10.3. The number of hydrogen-bond acceptors (Lipinski definition) is 6. The fourth-order valence-electron chi connectivity index (χ4n) is 4.82. The molecule has 0 saturated carbocycles. The van der Waals surface area contributed by atoms with Crippen molar-refractivity contribution in [3.05, 3.63) is 62.9 Å². The van der Waals surface area contributed by atoms with Gasteiger partial charge in [-0.25, -0.2) is 14.4 Å². The summed E-state index contributed by atoms with van der Waals surface area (Å²) < 4.78 is 11.7. The number of carboxylic acids is 2. The van der Waals surface area contributed by atoms with E-state index in [4.69, 9.17) is 14.6 Å². The molecule has 0 aliphatic carbocycles. The highest BCUT2D eigenvalue weighted by Crippen LogP contribution is 2.46. The van der Waals surface area contributed by atoms with Gasteiger partial charge in [0.1, 0.15) is 5.75 Å². The van der Waals surface area contributed by atoms with Crippen molar-refractivity contribution in [1.29, 1.82) is 0 Å². The van der Waals surface area contributed by atoms with Crippen molar-refractivity contribution in [3.8, 4) is 21.9 Å². The number of nitrogens with zero attached hydrogens (tertiary/aromatic N) is 1. The average Bonchev–Trinajstić information content (AvgIpc) is 3.31. The molecule has 2 heterocycles. The van der Waals surface area contributed by atoms with Gasteiger partial charge < -0.3 is 29.9 Å². The van der Waals surface area contributed by atoms with E-state index in [2.05, 4.69) is 47.2 Å². The number of likely N-dealkylation sites (tertiary alicyclic amines) is 1. The minimum atomic E-state index is -1.20. The lowest BCUT2D eigenvalue weighted by Crippen LogP contribution is -2.42. The number of urea groups is 1. The van der Waals surface area contributed by atoms with Crippen molar-refractivity contribution in [2.24, 2.45) is 5.92 Å². The van der Waals surface area contributed by atoms with Crippen LogP contribution >= 0.6 is 27.3 Å². The molecule has 0 spiro atoms. The second-order valence-corrected chi connectivity index (χ2v) is 11.6. The number of aromatic carboxylic acids is 1. The lowest BCUT2D eigenvalue weighted by atomic mass is 9.98. The molecule has 1 aliphatic heterocycles. The van der Waals surface area contributed by atoms with Crippen LogP contribution < -0.4 is 14.8 Å². The van der Waals surface area contributed by atoms with E-state index in [1.165, 1.54) is 0 Å². The summed E-state index contributed by atoms with van der Waals surface area (Å²) in [6.45, 7) is 5.32. The summed E-state index contributed by atoms with van der Waals surface area (Å²) in [4.78, 5) is 38.1. The molecule has 2 amide bonds. The number of hydrogen-bond donors (Lipinski definition) is 3.